The average molecular weight is 229 g/mol. The van der Waals surface area contributed by atoms with Crippen molar-refractivity contribution >= 4 is 11.4 Å². The predicted molar refractivity (Wildman–Crippen MR) is 66.6 cm³/mol. The van der Waals surface area contributed by atoms with E-state index in [4.69, 9.17) is 10.2 Å². The Morgan fingerprint density at radius 1 is 1.41 bits per heavy atom. The molecule has 3 rings (SSSR count). The Kier molecular flexibility index (Phi) is 2.48. The average Bonchev–Trinajstić information content (AvgIpc) is 3.03. The van der Waals surface area contributed by atoms with Gasteiger partial charge in [-0.3, -0.25) is 4.98 Å². The lowest BCUT2D eigenvalue weighted by atomic mass is 10.3. The molecule has 2 N–H and O–H groups in total. The first-order valence-electron chi connectivity index (χ1n) is 5.82. The van der Waals surface area contributed by atoms with Crippen LogP contribution in [0.4, 0.5) is 11.4 Å². The maximum atomic E-state index is 5.78. The van der Waals surface area contributed by atoms with E-state index in [9.17, 15) is 0 Å². The second-order valence-electron chi connectivity index (χ2n) is 4.41. The molecule has 0 bridgehead atoms. The van der Waals surface area contributed by atoms with Gasteiger partial charge >= 0.3 is 0 Å². The molecule has 1 aliphatic carbocycles. The van der Waals surface area contributed by atoms with Crippen LogP contribution in [0.15, 0.2) is 41.3 Å². The Bertz CT molecular complexity index is 491. The first kappa shape index (κ1) is 10.2. The number of aromatic nitrogens is 1. The second kappa shape index (κ2) is 4.13. The summed E-state index contributed by atoms with van der Waals surface area (Å²) in [5, 5.41) is 0. The maximum Gasteiger partial charge on any atom is 0.123 e. The van der Waals surface area contributed by atoms with E-state index < -0.39 is 0 Å². The van der Waals surface area contributed by atoms with Gasteiger partial charge in [0.1, 0.15) is 5.76 Å². The van der Waals surface area contributed by atoms with E-state index in [-0.39, 0.29) is 0 Å². The molecule has 4 heteroatoms. The zero-order valence-electron chi connectivity index (χ0n) is 9.54. The van der Waals surface area contributed by atoms with Crippen LogP contribution in [0.1, 0.15) is 18.6 Å². The number of hydrogen-bond donors (Lipinski definition) is 1. The van der Waals surface area contributed by atoms with E-state index >= 15 is 0 Å². The normalized spacial score (nSPS) is 14.8. The first-order chi connectivity index (χ1) is 8.33. The highest BCUT2D eigenvalue weighted by atomic mass is 16.3. The number of hydrogen-bond acceptors (Lipinski definition) is 4. The van der Waals surface area contributed by atoms with E-state index in [1.54, 1.807) is 12.5 Å². The lowest BCUT2D eigenvalue weighted by Crippen LogP contribution is -2.24. The quantitative estimate of drug-likeness (QED) is 0.874. The minimum atomic E-state index is 0.601. The van der Waals surface area contributed by atoms with Gasteiger partial charge in [0.25, 0.3) is 0 Å². The summed E-state index contributed by atoms with van der Waals surface area (Å²) in [6.45, 7) is 0.781. The molecule has 2 aromatic rings. The topological polar surface area (TPSA) is 55.3 Å². The predicted octanol–water partition coefficient (Wildman–Crippen LogP) is 2.43. The van der Waals surface area contributed by atoms with Crippen molar-refractivity contribution in [2.24, 2.45) is 0 Å². The summed E-state index contributed by atoms with van der Waals surface area (Å²) in [6.07, 6.45) is 7.70. The molecule has 2 heterocycles. The number of nitrogens with two attached hydrogens (primary N) is 1. The standard InChI is InChI=1S/C13H15N3O/c14-10-6-12(8-15-7-10)16(11-3-4-11)9-13-2-1-5-17-13/h1-2,5-8,11H,3-4,9,14H2. The van der Waals surface area contributed by atoms with Crippen molar-refractivity contribution in [1.82, 2.24) is 4.98 Å². The van der Waals surface area contributed by atoms with Gasteiger partial charge in [-0.05, 0) is 31.0 Å². The third-order valence-corrected chi connectivity index (χ3v) is 2.97. The number of anilines is 2. The van der Waals surface area contributed by atoms with Crippen LogP contribution in [0.5, 0.6) is 0 Å². The molecule has 2 aromatic heterocycles. The molecule has 0 saturated heterocycles. The summed E-state index contributed by atoms with van der Waals surface area (Å²) in [5.74, 6) is 0.972. The second-order valence-corrected chi connectivity index (χ2v) is 4.41. The van der Waals surface area contributed by atoms with Crippen molar-refractivity contribution in [2.45, 2.75) is 25.4 Å². The SMILES string of the molecule is Nc1cncc(N(Cc2ccco2)C2CC2)c1. The maximum absolute atomic E-state index is 5.78. The summed E-state index contributed by atoms with van der Waals surface area (Å²) in [6, 6.07) is 6.48. The Labute approximate surface area is 100 Å². The minimum Gasteiger partial charge on any atom is -0.467 e. The summed E-state index contributed by atoms with van der Waals surface area (Å²) < 4.78 is 5.40. The van der Waals surface area contributed by atoms with E-state index in [2.05, 4.69) is 9.88 Å². The Balaban J connectivity index is 1.85. The molecule has 0 atom stereocenters. The molecule has 1 saturated carbocycles. The first-order valence-corrected chi connectivity index (χ1v) is 5.82. The molecule has 17 heavy (non-hydrogen) atoms. The molecular formula is C13H15N3O. The molecule has 0 aliphatic heterocycles. The number of rotatable bonds is 4. The molecule has 0 unspecified atom stereocenters. The van der Waals surface area contributed by atoms with Crippen molar-refractivity contribution in [1.29, 1.82) is 0 Å². The third-order valence-electron chi connectivity index (χ3n) is 2.97. The van der Waals surface area contributed by atoms with E-state index in [1.165, 1.54) is 12.8 Å². The van der Waals surface area contributed by atoms with Crippen LogP contribution >= 0.6 is 0 Å². The van der Waals surface area contributed by atoms with Crippen LogP contribution in [-0.4, -0.2) is 11.0 Å². The van der Waals surface area contributed by atoms with Crippen LogP contribution < -0.4 is 10.6 Å². The van der Waals surface area contributed by atoms with Crippen molar-refractivity contribution in [2.75, 3.05) is 10.6 Å². The zero-order valence-corrected chi connectivity index (χ0v) is 9.54. The summed E-state index contributed by atoms with van der Waals surface area (Å²) in [4.78, 5) is 6.46. The van der Waals surface area contributed by atoms with Crippen LogP contribution in [0.25, 0.3) is 0 Å². The molecule has 88 valence electrons. The smallest absolute Gasteiger partial charge is 0.123 e. The fraction of sp³-hybridized carbons (Fsp3) is 0.308. The molecular weight excluding hydrogens is 214 g/mol. The fourth-order valence-corrected chi connectivity index (χ4v) is 1.99. The Morgan fingerprint density at radius 2 is 2.29 bits per heavy atom. The third kappa shape index (κ3) is 2.25. The van der Waals surface area contributed by atoms with Crippen LogP contribution in [-0.2, 0) is 6.54 Å². The lowest BCUT2D eigenvalue weighted by Gasteiger charge is -2.23. The highest BCUT2D eigenvalue weighted by Gasteiger charge is 2.30. The van der Waals surface area contributed by atoms with Gasteiger partial charge in [-0.25, -0.2) is 0 Å². The van der Waals surface area contributed by atoms with Crippen molar-refractivity contribution < 1.29 is 4.42 Å². The number of nitrogens with zero attached hydrogens (tertiary/aromatic N) is 2. The number of furan rings is 1. The molecule has 1 fully saturated rings. The monoisotopic (exact) mass is 229 g/mol. The van der Waals surface area contributed by atoms with Crippen LogP contribution in [0.3, 0.4) is 0 Å². The summed E-state index contributed by atoms with van der Waals surface area (Å²) in [7, 11) is 0. The minimum absolute atomic E-state index is 0.601. The van der Waals surface area contributed by atoms with Gasteiger partial charge in [-0.1, -0.05) is 0 Å². The van der Waals surface area contributed by atoms with E-state index in [1.807, 2.05) is 24.4 Å². The lowest BCUT2D eigenvalue weighted by molar-refractivity contribution is 0.501. The fourth-order valence-electron chi connectivity index (χ4n) is 1.99. The number of nitrogen functional groups attached to an aromatic ring is 1. The van der Waals surface area contributed by atoms with Crippen molar-refractivity contribution in [3.05, 3.63) is 42.6 Å². The van der Waals surface area contributed by atoms with Gasteiger partial charge in [0.2, 0.25) is 0 Å². The van der Waals surface area contributed by atoms with Gasteiger partial charge in [0, 0.05) is 12.2 Å². The van der Waals surface area contributed by atoms with Gasteiger partial charge in [0.05, 0.1) is 30.4 Å². The zero-order chi connectivity index (χ0) is 11.7. The Morgan fingerprint density at radius 3 is 2.94 bits per heavy atom. The number of pyridine rings is 1. The van der Waals surface area contributed by atoms with Crippen LogP contribution in [0.2, 0.25) is 0 Å². The van der Waals surface area contributed by atoms with Gasteiger partial charge in [-0.15, -0.1) is 0 Å². The van der Waals surface area contributed by atoms with Crippen LogP contribution in [0, 0.1) is 0 Å². The largest absolute Gasteiger partial charge is 0.467 e. The molecule has 0 amide bonds. The molecule has 0 aromatic carbocycles. The van der Waals surface area contributed by atoms with E-state index in [0.717, 1.165) is 18.0 Å². The summed E-state index contributed by atoms with van der Waals surface area (Å²) in [5.41, 5.74) is 7.55. The van der Waals surface area contributed by atoms with Gasteiger partial charge in [0.15, 0.2) is 0 Å². The van der Waals surface area contributed by atoms with Gasteiger partial charge in [-0.2, -0.15) is 0 Å². The van der Waals surface area contributed by atoms with Crippen molar-refractivity contribution in [3.8, 4) is 0 Å². The highest BCUT2D eigenvalue weighted by Crippen LogP contribution is 2.33. The molecule has 0 radical (unpaired) electrons. The van der Waals surface area contributed by atoms with Crippen molar-refractivity contribution in [3.63, 3.8) is 0 Å². The Hall–Kier alpha value is -1.97. The van der Waals surface area contributed by atoms with Gasteiger partial charge < -0.3 is 15.1 Å². The highest BCUT2D eigenvalue weighted by molar-refractivity contribution is 5.54. The molecule has 1 aliphatic rings. The molecule has 0 spiro atoms. The molecule has 4 nitrogen and oxygen atoms in total. The van der Waals surface area contributed by atoms with E-state index in [0.29, 0.717) is 11.7 Å². The summed E-state index contributed by atoms with van der Waals surface area (Å²) >= 11 is 0.